The van der Waals surface area contributed by atoms with E-state index in [-0.39, 0.29) is 22.4 Å². The zero-order valence-electron chi connectivity index (χ0n) is 13.4. The molecule has 134 valence electrons. The van der Waals surface area contributed by atoms with Crippen molar-refractivity contribution in [1.29, 1.82) is 0 Å². The van der Waals surface area contributed by atoms with Gasteiger partial charge in [0.25, 0.3) is 11.9 Å². The highest BCUT2D eigenvalue weighted by Gasteiger charge is 2.35. The fourth-order valence-corrected chi connectivity index (χ4v) is 1.85. The number of carbonyl (C=O) groups is 1. The molecule has 5 nitrogen and oxygen atoms in total. The second kappa shape index (κ2) is 7.45. The first-order valence-electron chi connectivity index (χ1n) is 7.31. The third-order valence-electron chi connectivity index (χ3n) is 3.03. The minimum atomic E-state index is -4.74. The number of rotatable bonds is 5. The molecule has 1 heterocycles. The molecule has 2 rings (SSSR count). The van der Waals surface area contributed by atoms with Crippen molar-refractivity contribution >= 4 is 5.91 Å². The van der Waals surface area contributed by atoms with E-state index in [4.69, 9.17) is 4.84 Å². The highest BCUT2D eigenvalue weighted by atomic mass is 19.4. The number of carbonyl (C=O) groups excluding carboxylic acids is 1. The van der Waals surface area contributed by atoms with Gasteiger partial charge in [0, 0.05) is 11.5 Å². The van der Waals surface area contributed by atoms with E-state index in [1.54, 1.807) is 19.9 Å². The molecule has 2 aromatic rings. The molecule has 0 aliphatic carbocycles. The van der Waals surface area contributed by atoms with Gasteiger partial charge in [0.15, 0.2) is 6.54 Å². The van der Waals surface area contributed by atoms with E-state index in [1.165, 1.54) is 24.3 Å². The number of aromatic nitrogens is 2. The number of hydroxylamine groups is 2. The minimum Gasteiger partial charge on any atom is -0.370 e. The maximum Gasteiger partial charge on any atom is 0.409 e. The van der Waals surface area contributed by atoms with Crippen LogP contribution in [0.5, 0.6) is 5.75 Å². The summed E-state index contributed by atoms with van der Waals surface area (Å²) in [5, 5.41) is 0.0339. The van der Waals surface area contributed by atoms with Crippen LogP contribution in [0.2, 0.25) is 0 Å². The lowest BCUT2D eigenvalue weighted by atomic mass is 10.2. The van der Waals surface area contributed by atoms with Crippen molar-refractivity contribution in [3.8, 4) is 5.75 Å². The van der Waals surface area contributed by atoms with Crippen LogP contribution in [0.25, 0.3) is 0 Å². The summed E-state index contributed by atoms with van der Waals surface area (Å²) in [6.45, 7) is 1.74. The largest absolute Gasteiger partial charge is 0.409 e. The predicted octanol–water partition coefficient (Wildman–Crippen LogP) is 3.74. The highest BCUT2D eigenvalue weighted by molar-refractivity contribution is 5.93. The molecule has 1 aromatic heterocycles. The lowest BCUT2D eigenvalue weighted by Crippen LogP contribution is -2.41. The number of halogens is 4. The van der Waals surface area contributed by atoms with Crippen molar-refractivity contribution in [1.82, 2.24) is 15.0 Å². The lowest BCUT2D eigenvalue weighted by Gasteiger charge is -2.23. The highest BCUT2D eigenvalue weighted by Crippen LogP contribution is 2.22. The van der Waals surface area contributed by atoms with Crippen molar-refractivity contribution in [2.45, 2.75) is 25.9 Å². The maximum absolute atomic E-state index is 14.0. The Bertz CT molecular complexity index is 736. The molecule has 0 atom stereocenters. The van der Waals surface area contributed by atoms with E-state index in [2.05, 4.69) is 9.97 Å². The number of hydrogen-bond donors (Lipinski definition) is 0. The van der Waals surface area contributed by atoms with Crippen molar-refractivity contribution in [2.24, 2.45) is 0 Å². The van der Waals surface area contributed by atoms with Crippen LogP contribution in [-0.4, -0.2) is 33.7 Å². The van der Waals surface area contributed by atoms with Crippen LogP contribution in [0.4, 0.5) is 17.6 Å². The molecule has 0 N–H and O–H groups in total. The molecule has 0 saturated carbocycles. The SMILES string of the molecule is CC(C)c1ncc(ON(CC(F)(F)F)C(=O)c2ccccc2)c(F)n1. The van der Waals surface area contributed by atoms with Gasteiger partial charge >= 0.3 is 6.18 Å². The summed E-state index contributed by atoms with van der Waals surface area (Å²) in [6.07, 6.45) is -3.83. The number of hydrogen-bond acceptors (Lipinski definition) is 4. The molecule has 0 aliphatic heterocycles. The summed E-state index contributed by atoms with van der Waals surface area (Å²) in [5.74, 6) is -2.89. The Kier molecular flexibility index (Phi) is 5.55. The zero-order chi connectivity index (χ0) is 18.6. The minimum absolute atomic E-state index is 0.0339. The molecule has 0 aliphatic rings. The number of benzene rings is 1. The van der Waals surface area contributed by atoms with E-state index in [0.29, 0.717) is 0 Å². The van der Waals surface area contributed by atoms with Crippen LogP contribution >= 0.6 is 0 Å². The van der Waals surface area contributed by atoms with Gasteiger partial charge in [-0.15, -0.1) is 0 Å². The van der Waals surface area contributed by atoms with Crippen molar-refractivity contribution in [3.05, 3.63) is 53.9 Å². The first kappa shape index (κ1) is 18.6. The zero-order valence-corrected chi connectivity index (χ0v) is 13.4. The van der Waals surface area contributed by atoms with E-state index in [1.807, 2.05) is 0 Å². The molecule has 1 aromatic carbocycles. The monoisotopic (exact) mass is 357 g/mol. The number of alkyl halides is 3. The molecule has 0 unspecified atom stereocenters. The molecule has 1 amide bonds. The van der Waals surface area contributed by atoms with Crippen molar-refractivity contribution in [3.63, 3.8) is 0 Å². The first-order valence-corrected chi connectivity index (χ1v) is 7.31. The van der Waals surface area contributed by atoms with Crippen LogP contribution in [-0.2, 0) is 0 Å². The topological polar surface area (TPSA) is 55.3 Å². The second-order valence-electron chi connectivity index (χ2n) is 5.45. The average molecular weight is 357 g/mol. The van der Waals surface area contributed by atoms with Gasteiger partial charge in [-0.1, -0.05) is 32.0 Å². The van der Waals surface area contributed by atoms with Crippen molar-refractivity contribution < 1.29 is 27.2 Å². The van der Waals surface area contributed by atoms with Gasteiger partial charge in [0.2, 0.25) is 5.75 Å². The normalized spacial score (nSPS) is 11.5. The maximum atomic E-state index is 14.0. The fraction of sp³-hybridized carbons (Fsp3) is 0.312. The molecule has 0 spiro atoms. The molecule has 25 heavy (non-hydrogen) atoms. The van der Waals surface area contributed by atoms with E-state index < -0.39 is 30.3 Å². The summed E-state index contributed by atoms with van der Waals surface area (Å²) >= 11 is 0. The molecular weight excluding hydrogens is 342 g/mol. The Morgan fingerprint density at radius 1 is 1.24 bits per heavy atom. The van der Waals surface area contributed by atoms with Crippen LogP contribution in [0.1, 0.15) is 35.9 Å². The standard InChI is InChI=1S/C16H15F4N3O2/c1-10(2)14-21-8-12(13(17)22-14)25-23(9-16(18,19)20)15(24)11-6-4-3-5-7-11/h3-8,10H,9H2,1-2H3. The first-order chi connectivity index (χ1) is 11.7. The average Bonchev–Trinajstić information content (AvgIpc) is 2.54. The molecular formula is C16H15F4N3O2. The smallest absolute Gasteiger partial charge is 0.370 e. The van der Waals surface area contributed by atoms with Gasteiger partial charge in [-0.05, 0) is 12.1 Å². The van der Waals surface area contributed by atoms with Crippen LogP contribution in [0.3, 0.4) is 0 Å². The van der Waals surface area contributed by atoms with Crippen LogP contribution in [0.15, 0.2) is 36.5 Å². The Morgan fingerprint density at radius 3 is 2.40 bits per heavy atom. The van der Waals surface area contributed by atoms with Gasteiger partial charge in [0.1, 0.15) is 5.82 Å². The molecule has 0 bridgehead atoms. The Morgan fingerprint density at radius 2 is 1.88 bits per heavy atom. The summed E-state index contributed by atoms with van der Waals surface area (Å²) < 4.78 is 52.2. The third kappa shape index (κ3) is 5.13. The fourth-order valence-electron chi connectivity index (χ4n) is 1.85. The van der Waals surface area contributed by atoms with Gasteiger partial charge < -0.3 is 4.84 Å². The summed E-state index contributed by atoms with van der Waals surface area (Å²) in [4.78, 5) is 24.4. The quantitative estimate of drug-likeness (QED) is 0.465. The summed E-state index contributed by atoms with van der Waals surface area (Å²) in [7, 11) is 0. The molecule has 0 fully saturated rings. The van der Waals surface area contributed by atoms with E-state index >= 15 is 0 Å². The summed E-state index contributed by atoms with van der Waals surface area (Å²) in [5.41, 5.74) is -0.0353. The van der Waals surface area contributed by atoms with Gasteiger partial charge in [-0.2, -0.15) is 22.6 Å². The molecule has 0 saturated heterocycles. The van der Waals surface area contributed by atoms with Gasteiger partial charge in [0.05, 0.1) is 6.20 Å². The third-order valence-corrected chi connectivity index (χ3v) is 3.03. The number of nitrogens with zero attached hydrogens (tertiary/aromatic N) is 3. The number of amides is 1. The molecule has 0 radical (unpaired) electrons. The second-order valence-corrected chi connectivity index (χ2v) is 5.45. The Hall–Kier alpha value is -2.71. The Labute approximate surface area is 141 Å². The van der Waals surface area contributed by atoms with Crippen LogP contribution in [0, 0.1) is 5.95 Å². The summed E-state index contributed by atoms with van der Waals surface area (Å²) in [6, 6.07) is 7.22. The lowest BCUT2D eigenvalue weighted by molar-refractivity contribution is -0.179. The Balaban J connectivity index is 2.29. The van der Waals surface area contributed by atoms with E-state index in [9.17, 15) is 22.4 Å². The van der Waals surface area contributed by atoms with Gasteiger partial charge in [-0.25, -0.2) is 9.97 Å². The van der Waals surface area contributed by atoms with E-state index in [0.717, 1.165) is 6.20 Å². The molecule has 9 heteroatoms. The predicted molar refractivity (Wildman–Crippen MR) is 80.2 cm³/mol. The van der Waals surface area contributed by atoms with Crippen molar-refractivity contribution in [2.75, 3.05) is 6.54 Å². The van der Waals surface area contributed by atoms with Gasteiger partial charge in [-0.3, -0.25) is 4.79 Å². The van der Waals surface area contributed by atoms with Crippen LogP contribution < -0.4 is 4.84 Å².